The number of hydrogen-bond acceptors (Lipinski definition) is 6. The molecule has 0 radical (unpaired) electrons. The zero-order valence-electron chi connectivity index (χ0n) is 31.4. The van der Waals surface area contributed by atoms with Crippen LogP contribution in [0.5, 0.6) is 5.75 Å². The van der Waals surface area contributed by atoms with E-state index in [2.05, 4.69) is 13.8 Å². The molecule has 12 heteroatoms. The highest BCUT2D eigenvalue weighted by Crippen LogP contribution is 2.69. The lowest BCUT2D eigenvalue weighted by Gasteiger charge is -2.62. The summed E-state index contributed by atoms with van der Waals surface area (Å²) in [5.74, 6) is -3.23. The van der Waals surface area contributed by atoms with Gasteiger partial charge in [-0.2, -0.15) is 26.3 Å². The number of halogens is 6. The first-order chi connectivity index (χ1) is 25.2. The quantitative estimate of drug-likeness (QED) is 0.129. The molecule has 3 aliphatic carbocycles. The van der Waals surface area contributed by atoms with Crippen molar-refractivity contribution in [2.24, 2.45) is 22.7 Å². The van der Waals surface area contributed by atoms with Gasteiger partial charge in [-0.1, -0.05) is 100 Å². The molecule has 3 aromatic rings. The number of hydrogen-bond donors (Lipinski definition) is 0. The number of ether oxygens (including phenoxy) is 4. The Bertz CT molecular complexity index is 1890. The minimum atomic E-state index is -5.15. The largest absolute Gasteiger partial charge is 0.459 e. The SMILES string of the molecule is CO[C@@](C(=O)Oc1c(C)ccc2c1[C@@]1(C)CC[C@H]3C(C)(C)[C@@H](OC(=O)[C@](OC)(c4ccccc4)C(F)(F)F)CC[C@]3(C)[C@H]1C2)(c1ccccc1)C(F)(F)F. The number of fused-ring (bicyclic) bond motifs is 5. The molecule has 0 aromatic heterocycles. The van der Waals surface area contributed by atoms with Crippen LogP contribution in [-0.4, -0.2) is 44.6 Å². The van der Waals surface area contributed by atoms with Crippen molar-refractivity contribution < 1.29 is 54.9 Å². The fourth-order valence-electron chi connectivity index (χ4n) is 10.5. The molecule has 292 valence electrons. The molecule has 0 amide bonds. The van der Waals surface area contributed by atoms with Crippen LogP contribution in [-0.2, 0) is 46.8 Å². The van der Waals surface area contributed by atoms with E-state index < -0.39 is 63.4 Å². The van der Waals surface area contributed by atoms with Crippen LogP contribution in [0.25, 0.3) is 0 Å². The van der Waals surface area contributed by atoms with Crippen LogP contribution in [0.4, 0.5) is 26.3 Å². The van der Waals surface area contributed by atoms with E-state index in [1.807, 2.05) is 19.9 Å². The standard InChI is InChI=1S/C42H46F6O6/c1-25-18-19-26-24-30-37(4)23-21-31(53-34(49)39(51-6,41(43,44)45)27-14-10-8-11-15-27)36(2,3)29(37)20-22-38(30,5)32(26)33(25)54-35(50)40(52-7,42(46,47)48)28-16-12-9-13-17-28/h8-19,29-31H,20-24H2,1-7H3/t29-,30+,31-,37-,38-,39+,40+/m0/s1. The molecule has 3 aromatic carbocycles. The minimum absolute atomic E-state index is 0.0737. The van der Waals surface area contributed by atoms with Crippen molar-refractivity contribution in [1.82, 2.24) is 0 Å². The van der Waals surface area contributed by atoms with Crippen molar-refractivity contribution in [2.45, 2.75) is 102 Å². The highest BCUT2D eigenvalue weighted by atomic mass is 19.4. The van der Waals surface area contributed by atoms with E-state index in [4.69, 9.17) is 18.9 Å². The second-order valence-corrected chi connectivity index (χ2v) is 16.2. The Kier molecular flexibility index (Phi) is 9.87. The third-order valence-corrected chi connectivity index (χ3v) is 13.2. The smallest absolute Gasteiger partial charge is 0.432 e. The summed E-state index contributed by atoms with van der Waals surface area (Å²) in [5.41, 5.74) is -7.27. The van der Waals surface area contributed by atoms with Gasteiger partial charge in [0.2, 0.25) is 0 Å². The van der Waals surface area contributed by atoms with E-state index in [9.17, 15) is 35.9 Å². The van der Waals surface area contributed by atoms with Crippen molar-refractivity contribution in [3.63, 3.8) is 0 Å². The summed E-state index contributed by atoms with van der Waals surface area (Å²) in [6, 6.07) is 17.1. The summed E-state index contributed by atoms with van der Waals surface area (Å²) in [4.78, 5) is 27.6. The van der Waals surface area contributed by atoms with Gasteiger partial charge in [0, 0.05) is 41.7 Å². The normalized spacial score (nSPS) is 28.4. The predicted octanol–water partition coefficient (Wildman–Crippen LogP) is 9.69. The van der Waals surface area contributed by atoms with E-state index >= 15 is 0 Å². The summed E-state index contributed by atoms with van der Waals surface area (Å²) in [5, 5.41) is 0. The predicted molar refractivity (Wildman–Crippen MR) is 187 cm³/mol. The lowest BCUT2D eigenvalue weighted by Crippen LogP contribution is -2.60. The summed E-state index contributed by atoms with van der Waals surface area (Å²) < 4.78 is 111. The Morgan fingerprint density at radius 3 is 1.70 bits per heavy atom. The maximum atomic E-state index is 14.9. The maximum absolute atomic E-state index is 14.9. The Labute approximate surface area is 311 Å². The van der Waals surface area contributed by atoms with Gasteiger partial charge in [0.15, 0.2) is 0 Å². The molecule has 0 heterocycles. The first-order valence-corrected chi connectivity index (χ1v) is 18.1. The molecule has 2 saturated carbocycles. The van der Waals surface area contributed by atoms with Crippen molar-refractivity contribution in [1.29, 1.82) is 0 Å². The van der Waals surface area contributed by atoms with Gasteiger partial charge in [0.05, 0.1) is 0 Å². The zero-order valence-corrected chi connectivity index (χ0v) is 31.4. The van der Waals surface area contributed by atoms with E-state index in [1.165, 1.54) is 54.6 Å². The molecule has 0 bridgehead atoms. The molecule has 54 heavy (non-hydrogen) atoms. The molecule has 0 aliphatic heterocycles. The van der Waals surface area contributed by atoms with Gasteiger partial charge in [0.1, 0.15) is 11.9 Å². The molecule has 3 aliphatic rings. The lowest BCUT2D eigenvalue weighted by atomic mass is 9.43. The molecule has 6 rings (SSSR count). The molecular weight excluding hydrogens is 714 g/mol. The first-order valence-electron chi connectivity index (χ1n) is 18.1. The van der Waals surface area contributed by atoms with Gasteiger partial charge in [0.25, 0.3) is 11.2 Å². The van der Waals surface area contributed by atoms with Gasteiger partial charge < -0.3 is 18.9 Å². The molecule has 0 spiro atoms. The molecule has 0 N–H and O–H groups in total. The summed E-state index contributed by atoms with van der Waals surface area (Å²) in [7, 11) is 1.68. The van der Waals surface area contributed by atoms with Gasteiger partial charge in [-0.05, 0) is 67.4 Å². The highest BCUT2D eigenvalue weighted by molar-refractivity contribution is 5.85. The van der Waals surface area contributed by atoms with Crippen LogP contribution in [0.1, 0.15) is 81.2 Å². The van der Waals surface area contributed by atoms with Crippen LogP contribution in [0.3, 0.4) is 0 Å². The van der Waals surface area contributed by atoms with Crippen LogP contribution in [0.2, 0.25) is 0 Å². The summed E-state index contributed by atoms with van der Waals surface area (Å²) >= 11 is 0. The lowest BCUT2D eigenvalue weighted by molar-refractivity contribution is -0.283. The van der Waals surface area contributed by atoms with Crippen molar-refractivity contribution in [3.05, 3.63) is 101 Å². The third-order valence-electron chi connectivity index (χ3n) is 13.2. The summed E-state index contributed by atoms with van der Waals surface area (Å²) in [6.45, 7) is 9.74. The zero-order chi connectivity index (χ0) is 39.7. The van der Waals surface area contributed by atoms with Gasteiger partial charge in [-0.25, -0.2) is 9.59 Å². The average molecular weight is 761 g/mol. The second-order valence-electron chi connectivity index (χ2n) is 16.2. The van der Waals surface area contributed by atoms with Crippen LogP contribution < -0.4 is 4.74 Å². The van der Waals surface area contributed by atoms with Gasteiger partial charge >= 0.3 is 24.3 Å². The number of benzene rings is 3. The van der Waals surface area contributed by atoms with E-state index in [-0.39, 0.29) is 29.6 Å². The Morgan fingerprint density at radius 2 is 1.20 bits per heavy atom. The Hall–Kier alpha value is -3.90. The number of carbonyl (C=O) groups is 2. The molecule has 6 nitrogen and oxygen atoms in total. The van der Waals surface area contributed by atoms with E-state index in [0.29, 0.717) is 36.8 Å². The van der Waals surface area contributed by atoms with Crippen molar-refractivity contribution in [2.75, 3.05) is 14.2 Å². The molecular formula is C42H46F6O6. The number of carbonyl (C=O) groups excluding carboxylic acids is 2. The van der Waals surface area contributed by atoms with E-state index in [1.54, 1.807) is 19.1 Å². The number of alkyl halides is 6. The van der Waals surface area contributed by atoms with Gasteiger partial charge in [-0.15, -0.1) is 0 Å². The Morgan fingerprint density at radius 1 is 0.685 bits per heavy atom. The van der Waals surface area contributed by atoms with E-state index in [0.717, 1.165) is 19.8 Å². The highest BCUT2D eigenvalue weighted by Gasteiger charge is 2.68. The van der Waals surface area contributed by atoms with Crippen molar-refractivity contribution in [3.8, 4) is 5.75 Å². The minimum Gasteiger partial charge on any atom is -0.459 e. The van der Waals surface area contributed by atoms with Gasteiger partial charge in [-0.3, -0.25) is 0 Å². The number of methoxy groups -OCH3 is 2. The second kappa shape index (κ2) is 13.4. The maximum Gasteiger partial charge on any atom is 0.432 e. The first kappa shape index (κ1) is 39.8. The molecule has 0 unspecified atom stereocenters. The third kappa shape index (κ3) is 5.68. The number of aryl methyl sites for hydroxylation is 1. The average Bonchev–Trinajstić information content (AvgIpc) is 3.42. The fourth-order valence-corrected chi connectivity index (χ4v) is 10.5. The van der Waals surface area contributed by atoms with Crippen molar-refractivity contribution >= 4 is 11.9 Å². The molecule has 0 saturated heterocycles. The van der Waals surface area contributed by atoms with Crippen LogP contribution in [0, 0.1) is 29.6 Å². The molecule has 7 atom stereocenters. The fraction of sp³-hybridized carbons (Fsp3) is 0.524. The number of rotatable bonds is 8. The van der Waals surface area contributed by atoms with Crippen LogP contribution >= 0.6 is 0 Å². The molecule has 2 fully saturated rings. The number of esters is 2. The van der Waals surface area contributed by atoms with Crippen LogP contribution in [0.15, 0.2) is 72.8 Å². The topological polar surface area (TPSA) is 71.1 Å². The Balaban J connectivity index is 1.32. The monoisotopic (exact) mass is 760 g/mol. The summed E-state index contributed by atoms with van der Waals surface area (Å²) in [6.07, 6.45) is -8.67.